The molecule has 1 aromatic carbocycles. The van der Waals surface area contributed by atoms with Gasteiger partial charge in [-0.2, -0.15) is 0 Å². The summed E-state index contributed by atoms with van der Waals surface area (Å²) in [6.45, 7) is 0.925. The van der Waals surface area contributed by atoms with Crippen molar-refractivity contribution in [3.63, 3.8) is 0 Å². The molecule has 0 aromatic heterocycles. The van der Waals surface area contributed by atoms with E-state index in [4.69, 9.17) is 4.74 Å². The van der Waals surface area contributed by atoms with E-state index in [1.165, 1.54) is 50.5 Å². The van der Waals surface area contributed by atoms with E-state index in [1.807, 2.05) is 12.1 Å². The summed E-state index contributed by atoms with van der Waals surface area (Å²) in [5.41, 5.74) is 1.27. The molecule has 0 aliphatic heterocycles. The maximum Gasteiger partial charge on any atom is 0.123 e. The van der Waals surface area contributed by atoms with Gasteiger partial charge in [-0.25, -0.2) is 0 Å². The molecule has 0 spiro atoms. The van der Waals surface area contributed by atoms with Crippen LogP contribution in [0.5, 0.6) is 5.75 Å². The molecular weight excluding hydrogens is 222 g/mol. The number of hydrogen-bond donors (Lipinski definition) is 1. The van der Waals surface area contributed by atoms with E-state index in [9.17, 15) is 0 Å². The van der Waals surface area contributed by atoms with Crippen LogP contribution in [-0.4, -0.2) is 13.2 Å². The van der Waals surface area contributed by atoms with Crippen LogP contribution in [0.15, 0.2) is 24.3 Å². The van der Waals surface area contributed by atoms with E-state index in [1.54, 1.807) is 7.11 Å². The van der Waals surface area contributed by atoms with Crippen LogP contribution in [0.3, 0.4) is 0 Å². The number of benzene rings is 1. The van der Waals surface area contributed by atoms with Crippen molar-refractivity contribution < 1.29 is 4.74 Å². The number of ether oxygens (including phenoxy) is 1. The summed E-state index contributed by atoms with van der Waals surface area (Å²) in [6.07, 6.45) is 9.66. The molecule has 2 heteroatoms. The minimum absolute atomic E-state index is 0.690. The molecular formula is C16H25NO. The second-order valence-electron chi connectivity index (χ2n) is 5.23. The van der Waals surface area contributed by atoms with Crippen molar-refractivity contribution in [1.82, 2.24) is 5.32 Å². The van der Waals surface area contributed by atoms with Crippen molar-refractivity contribution >= 4 is 0 Å². The summed E-state index contributed by atoms with van der Waals surface area (Å²) in [5.74, 6) is 0.996. The summed E-state index contributed by atoms with van der Waals surface area (Å²) in [6, 6.07) is 8.98. The minimum atomic E-state index is 0.690. The molecule has 1 aliphatic carbocycles. The van der Waals surface area contributed by atoms with Gasteiger partial charge in [-0.3, -0.25) is 0 Å². The van der Waals surface area contributed by atoms with Gasteiger partial charge in [0.15, 0.2) is 0 Å². The first-order chi connectivity index (χ1) is 8.90. The molecule has 0 radical (unpaired) electrons. The highest BCUT2D eigenvalue weighted by Gasteiger charge is 2.11. The van der Waals surface area contributed by atoms with Crippen LogP contribution in [0.25, 0.3) is 0 Å². The summed E-state index contributed by atoms with van der Waals surface area (Å²) in [7, 11) is 1.74. The Labute approximate surface area is 111 Å². The Kier molecular flexibility index (Phi) is 5.53. The minimum Gasteiger partial charge on any atom is -0.496 e. The molecule has 1 N–H and O–H groups in total. The Morgan fingerprint density at radius 1 is 1.06 bits per heavy atom. The first kappa shape index (κ1) is 13.4. The smallest absolute Gasteiger partial charge is 0.123 e. The zero-order chi connectivity index (χ0) is 12.6. The van der Waals surface area contributed by atoms with Crippen molar-refractivity contribution in [2.24, 2.45) is 0 Å². The molecule has 1 aromatic rings. The van der Waals surface area contributed by atoms with Crippen molar-refractivity contribution in [3.05, 3.63) is 29.8 Å². The lowest BCUT2D eigenvalue weighted by molar-refractivity contribution is 0.378. The number of nitrogens with one attached hydrogen (secondary N) is 1. The summed E-state index contributed by atoms with van der Waals surface area (Å²) < 4.78 is 5.39. The molecule has 1 fully saturated rings. The van der Waals surface area contributed by atoms with Crippen LogP contribution < -0.4 is 10.1 Å². The first-order valence-electron chi connectivity index (χ1n) is 7.25. The zero-order valence-corrected chi connectivity index (χ0v) is 11.5. The van der Waals surface area contributed by atoms with E-state index in [0.717, 1.165) is 12.3 Å². The second-order valence-corrected chi connectivity index (χ2v) is 5.23. The summed E-state index contributed by atoms with van der Waals surface area (Å²) >= 11 is 0. The average molecular weight is 247 g/mol. The van der Waals surface area contributed by atoms with Gasteiger partial charge in [0, 0.05) is 18.2 Å². The SMILES string of the molecule is COc1ccccc1CNC1CCCCCCC1. The molecule has 2 nitrogen and oxygen atoms in total. The maximum absolute atomic E-state index is 5.39. The van der Waals surface area contributed by atoms with Gasteiger partial charge in [-0.1, -0.05) is 50.3 Å². The number of methoxy groups -OCH3 is 1. The lowest BCUT2D eigenvalue weighted by atomic mass is 9.96. The molecule has 0 unspecified atom stereocenters. The van der Waals surface area contributed by atoms with Gasteiger partial charge in [-0.15, -0.1) is 0 Å². The van der Waals surface area contributed by atoms with E-state index < -0.39 is 0 Å². The number of rotatable bonds is 4. The van der Waals surface area contributed by atoms with Crippen molar-refractivity contribution in [3.8, 4) is 5.75 Å². The predicted molar refractivity (Wildman–Crippen MR) is 75.9 cm³/mol. The topological polar surface area (TPSA) is 21.3 Å². The van der Waals surface area contributed by atoms with Crippen molar-refractivity contribution in [1.29, 1.82) is 0 Å². The van der Waals surface area contributed by atoms with Gasteiger partial charge in [0.2, 0.25) is 0 Å². The summed E-state index contributed by atoms with van der Waals surface area (Å²) in [5, 5.41) is 3.70. The standard InChI is InChI=1S/C16H25NO/c1-18-16-12-8-7-9-14(16)13-17-15-10-5-3-2-4-6-11-15/h7-9,12,15,17H,2-6,10-11,13H2,1H3. The van der Waals surface area contributed by atoms with Gasteiger partial charge < -0.3 is 10.1 Å². The normalized spacial score (nSPS) is 18.1. The first-order valence-corrected chi connectivity index (χ1v) is 7.25. The fourth-order valence-corrected chi connectivity index (χ4v) is 2.76. The van der Waals surface area contributed by atoms with E-state index in [0.29, 0.717) is 6.04 Å². The number of para-hydroxylation sites is 1. The Morgan fingerprint density at radius 2 is 1.72 bits per heavy atom. The van der Waals surface area contributed by atoms with Crippen LogP contribution in [0, 0.1) is 0 Å². The largest absolute Gasteiger partial charge is 0.496 e. The lowest BCUT2D eigenvalue weighted by Gasteiger charge is -2.21. The van der Waals surface area contributed by atoms with E-state index in [-0.39, 0.29) is 0 Å². The average Bonchev–Trinajstić information content (AvgIpc) is 2.38. The quantitative estimate of drug-likeness (QED) is 0.871. The second kappa shape index (κ2) is 7.42. The Hall–Kier alpha value is -1.02. The fraction of sp³-hybridized carbons (Fsp3) is 0.625. The monoisotopic (exact) mass is 247 g/mol. The lowest BCUT2D eigenvalue weighted by Crippen LogP contribution is -2.29. The van der Waals surface area contributed by atoms with Crippen molar-refractivity contribution in [2.75, 3.05) is 7.11 Å². The van der Waals surface area contributed by atoms with Crippen LogP contribution in [0.4, 0.5) is 0 Å². The Morgan fingerprint density at radius 3 is 2.44 bits per heavy atom. The number of hydrogen-bond acceptors (Lipinski definition) is 2. The van der Waals surface area contributed by atoms with E-state index in [2.05, 4.69) is 17.4 Å². The highest BCUT2D eigenvalue weighted by Crippen LogP contribution is 2.20. The molecule has 2 rings (SSSR count). The fourth-order valence-electron chi connectivity index (χ4n) is 2.76. The van der Waals surface area contributed by atoms with Crippen LogP contribution in [0.2, 0.25) is 0 Å². The Balaban J connectivity index is 1.85. The molecule has 0 atom stereocenters. The van der Waals surface area contributed by atoms with Gasteiger partial charge in [-0.05, 0) is 18.9 Å². The third kappa shape index (κ3) is 4.02. The summed E-state index contributed by atoms with van der Waals surface area (Å²) in [4.78, 5) is 0. The van der Waals surface area contributed by atoms with Crippen LogP contribution in [-0.2, 0) is 6.54 Å². The van der Waals surface area contributed by atoms with Gasteiger partial charge in [0.1, 0.15) is 5.75 Å². The molecule has 0 bridgehead atoms. The van der Waals surface area contributed by atoms with Gasteiger partial charge >= 0.3 is 0 Å². The molecule has 100 valence electrons. The van der Waals surface area contributed by atoms with Gasteiger partial charge in [0.25, 0.3) is 0 Å². The molecule has 18 heavy (non-hydrogen) atoms. The Bertz CT molecular complexity index is 343. The highest BCUT2D eigenvalue weighted by molar-refractivity contribution is 5.33. The van der Waals surface area contributed by atoms with Gasteiger partial charge in [0.05, 0.1) is 7.11 Å². The zero-order valence-electron chi connectivity index (χ0n) is 11.5. The highest BCUT2D eigenvalue weighted by atomic mass is 16.5. The third-order valence-corrected chi connectivity index (χ3v) is 3.88. The maximum atomic E-state index is 5.39. The predicted octanol–water partition coefficient (Wildman–Crippen LogP) is 3.90. The van der Waals surface area contributed by atoms with Crippen molar-refractivity contribution in [2.45, 2.75) is 57.5 Å². The molecule has 0 heterocycles. The molecule has 1 aliphatic rings. The van der Waals surface area contributed by atoms with E-state index >= 15 is 0 Å². The van der Waals surface area contributed by atoms with Crippen LogP contribution in [0.1, 0.15) is 50.5 Å². The van der Waals surface area contributed by atoms with Crippen LogP contribution >= 0.6 is 0 Å². The molecule has 0 amide bonds. The molecule has 1 saturated carbocycles. The third-order valence-electron chi connectivity index (χ3n) is 3.88. The molecule has 0 saturated heterocycles.